The first-order valence-electron chi connectivity index (χ1n) is 7.88. The molecule has 0 aliphatic heterocycles. The molecule has 5 nitrogen and oxygen atoms in total. The Bertz CT molecular complexity index is 565. The van der Waals surface area contributed by atoms with Gasteiger partial charge in [-0.15, -0.1) is 0 Å². The molecule has 6 heteroatoms. The van der Waals surface area contributed by atoms with E-state index in [-0.39, 0.29) is 17.4 Å². The molecule has 2 rings (SSSR count). The van der Waals surface area contributed by atoms with Gasteiger partial charge in [0, 0.05) is 13.1 Å². The molecule has 1 aromatic rings. The molecule has 0 radical (unpaired) electrons. The quantitative estimate of drug-likeness (QED) is 0.766. The summed E-state index contributed by atoms with van der Waals surface area (Å²) in [6, 6.07) is 5.14. The number of hydrogen-bond donors (Lipinski definition) is 3. The Morgan fingerprint density at radius 2 is 2.09 bits per heavy atom. The number of nitrogens with one attached hydrogen (secondary N) is 2. The highest BCUT2D eigenvalue weighted by molar-refractivity contribution is 6.32. The predicted molar refractivity (Wildman–Crippen MR) is 90.8 cm³/mol. The van der Waals surface area contributed by atoms with Gasteiger partial charge in [-0.3, -0.25) is 0 Å². The highest BCUT2D eigenvalue weighted by Crippen LogP contribution is 2.32. The van der Waals surface area contributed by atoms with Crippen molar-refractivity contribution in [1.29, 1.82) is 0 Å². The number of aromatic hydroxyl groups is 1. The molecule has 1 fully saturated rings. The van der Waals surface area contributed by atoms with Crippen LogP contribution in [0.5, 0.6) is 5.75 Å². The third kappa shape index (κ3) is 5.29. The number of hydrogen-bond acceptors (Lipinski definition) is 4. The predicted octanol–water partition coefficient (Wildman–Crippen LogP) is 3.58. The van der Waals surface area contributed by atoms with Crippen LogP contribution in [0.1, 0.15) is 45.6 Å². The van der Waals surface area contributed by atoms with E-state index in [1.165, 1.54) is 0 Å². The van der Waals surface area contributed by atoms with Crippen molar-refractivity contribution in [2.75, 3.05) is 6.54 Å². The number of rotatable bonds is 5. The van der Waals surface area contributed by atoms with Crippen molar-refractivity contribution in [2.24, 2.45) is 0 Å². The summed E-state index contributed by atoms with van der Waals surface area (Å²) >= 11 is 5.90. The van der Waals surface area contributed by atoms with E-state index in [9.17, 15) is 9.90 Å². The van der Waals surface area contributed by atoms with Gasteiger partial charge in [-0.1, -0.05) is 17.7 Å². The van der Waals surface area contributed by atoms with Crippen LogP contribution in [0.2, 0.25) is 5.02 Å². The zero-order valence-electron chi connectivity index (χ0n) is 13.9. The summed E-state index contributed by atoms with van der Waals surface area (Å²) in [6.45, 7) is 6.86. The van der Waals surface area contributed by atoms with E-state index in [1.54, 1.807) is 12.1 Å². The molecule has 0 atom stereocenters. The van der Waals surface area contributed by atoms with Crippen molar-refractivity contribution >= 4 is 17.7 Å². The van der Waals surface area contributed by atoms with Gasteiger partial charge >= 0.3 is 6.09 Å². The molecule has 1 aliphatic rings. The zero-order valence-corrected chi connectivity index (χ0v) is 14.7. The van der Waals surface area contributed by atoms with E-state index in [0.717, 1.165) is 24.8 Å². The molecule has 1 saturated carbocycles. The molecule has 0 bridgehead atoms. The Morgan fingerprint density at radius 3 is 2.61 bits per heavy atom. The Balaban J connectivity index is 1.84. The third-order valence-corrected chi connectivity index (χ3v) is 4.18. The van der Waals surface area contributed by atoms with Gasteiger partial charge in [0.05, 0.1) is 10.6 Å². The van der Waals surface area contributed by atoms with E-state index in [4.69, 9.17) is 16.3 Å². The van der Waals surface area contributed by atoms with Crippen LogP contribution < -0.4 is 10.6 Å². The minimum Gasteiger partial charge on any atom is -0.506 e. The minimum atomic E-state index is -0.495. The second-order valence-corrected chi connectivity index (χ2v) is 7.56. The summed E-state index contributed by atoms with van der Waals surface area (Å²) in [7, 11) is 0. The van der Waals surface area contributed by atoms with Gasteiger partial charge in [0.15, 0.2) is 0 Å². The number of carbonyl (C=O) groups excluding carboxylic acids is 1. The summed E-state index contributed by atoms with van der Waals surface area (Å²) in [6.07, 6.45) is 2.61. The SMILES string of the molecule is CC(C)(C)OC(=O)NC1(CNCc2ccc(O)c(Cl)c2)CCC1. The van der Waals surface area contributed by atoms with Gasteiger partial charge in [-0.2, -0.15) is 0 Å². The Hall–Kier alpha value is -1.46. The molecule has 0 spiro atoms. The summed E-state index contributed by atoms with van der Waals surface area (Å²) < 4.78 is 5.34. The largest absolute Gasteiger partial charge is 0.506 e. The van der Waals surface area contributed by atoms with Crippen LogP contribution >= 0.6 is 11.6 Å². The lowest BCUT2D eigenvalue weighted by Crippen LogP contribution is -2.59. The van der Waals surface area contributed by atoms with Crippen LogP contribution in [-0.2, 0) is 11.3 Å². The molecule has 0 unspecified atom stereocenters. The van der Waals surface area contributed by atoms with Gasteiger partial charge in [0.1, 0.15) is 11.4 Å². The first-order chi connectivity index (χ1) is 10.7. The summed E-state index contributed by atoms with van der Waals surface area (Å²) in [5.74, 6) is 0.0810. The molecular formula is C17H25ClN2O3. The zero-order chi connectivity index (χ0) is 17.1. The maximum absolute atomic E-state index is 12.0. The number of ether oxygens (including phenoxy) is 1. The van der Waals surface area contributed by atoms with Crippen molar-refractivity contribution in [3.63, 3.8) is 0 Å². The summed E-state index contributed by atoms with van der Waals surface area (Å²) in [5, 5.41) is 16.1. The van der Waals surface area contributed by atoms with Crippen molar-refractivity contribution in [3.05, 3.63) is 28.8 Å². The van der Waals surface area contributed by atoms with E-state index >= 15 is 0 Å². The average Bonchev–Trinajstić information content (AvgIpc) is 2.37. The molecule has 0 heterocycles. The van der Waals surface area contributed by atoms with Crippen LogP contribution in [0.3, 0.4) is 0 Å². The van der Waals surface area contributed by atoms with Crippen LogP contribution in [0.4, 0.5) is 4.79 Å². The second-order valence-electron chi connectivity index (χ2n) is 7.15. The van der Waals surface area contributed by atoms with E-state index < -0.39 is 5.60 Å². The first-order valence-corrected chi connectivity index (χ1v) is 8.26. The van der Waals surface area contributed by atoms with Crippen LogP contribution in [-0.4, -0.2) is 28.9 Å². The Labute approximate surface area is 142 Å². The molecule has 1 aromatic carbocycles. The Kier molecular flexibility index (Phi) is 5.42. The average molecular weight is 341 g/mol. The van der Waals surface area contributed by atoms with E-state index in [1.807, 2.05) is 26.8 Å². The fourth-order valence-electron chi connectivity index (χ4n) is 2.58. The van der Waals surface area contributed by atoms with Crippen molar-refractivity contribution in [2.45, 2.75) is 57.7 Å². The molecule has 1 amide bonds. The lowest BCUT2D eigenvalue weighted by atomic mass is 9.76. The monoisotopic (exact) mass is 340 g/mol. The normalized spacial score (nSPS) is 16.5. The molecule has 128 valence electrons. The minimum absolute atomic E-state index is 0.0810. The third-order valence-electron chi connectivity index (χ3n) is 3.88. The maximum atomic E-state index is 12.0. The van der Waals surface area contributed by atoms with Crippen molar-refractivity contribution < 1.29 is 14.6 Å². The van der Waals surface area contributed by atoms with E-state index in [2.05, 4.69) is 10.6 Å². The van der Waals surface area contributed by atoms with Crippen LogP contribution in [0.25, 0.3) is 0 Å². The molecule has 0 aromatic heterocycles. The number of phenols is 1. The Morgan fingerprint density at radius 1 is 1.39 bits per heavy atom. The van der Waals surface area contributed by atoms with Crippen molar-refractivity contribution in [3.8, 4) is 5.75 Å². The van der Waals surface area contributed by atoms with Gasteiger partial charge < -0.3 is 20.5 Å². The molecule has 1 aliphatic carbocycles. The van der Waals surface area contributed by atoms with Gasteiger partial charge in [0.2, 0.25) is 0 Å². The number of amides is 1. The number of alkyl carbamates (subject to hydrolysis) is 1. The van der Waals surface area contributed by atoms with E-state index in [0.29, 0.717) is 18.1 Å². The smallest absolute Gasteiger partial charge is 0.408 e. The lowest BCUT2D eigenvalue weighted by molar-refractivity contribution is 0.0382. The molecular weight excluding hydrogens is 316 g/mol. The number of carbonyl (C=O) groups is 1. The first kappa shape index (κ1) is 17.9. The standard InChI is InChI=1S/C17H25ClN2O3/c1-16(2,3)23-15(22)20-17(7-4-8-17)11-19-10-12-5-6-14(21)13(18)9-12/h5-6,9,19,21H,4,7-8,10-11H2,1-3H3,(H,20,22). The summed E-state index contributed by atoms with van der Waals surface area (Å²) in [5.41, 5.74) is 0.258. The fraction of sp³-hybridized carbons (Fsp3) is 0.588. The summed E-state index contributed by atoms with van der Waals surface area (Å²) in [4.78, 5) is 12.0. The van der Waals surface area contributed by atoms with Gasteiger partial charge in [-0.25, -0.2) is 4.79 Å². The molecule has 0 saturated heterocycles. The number of phenolic OH excluding ortho intramolecular Hbond substituents is 1. The van der Waals surface area contributed by atoms with Crippen molar-refractivity contribution in [1.82, 2.24) is 10.6 Å². The second kappa shape index (κ2) is 6.97. The maximum Gasteiger partial charge on any atom is 0.408 e. The molecule has 3 N–H and O–H groups in total. The number of benzene rings is 1. The topological polar surface area (TPSA) is 70.6 Å². The molecule has 23 heavy (non-hydrogen) atoms. The van der Waals surface area contributed by atoms with Crippen LogP contribution in [0, 0.1) is 0 Å². The van der Waals surface area contributed by atoms with Gasteiger partial charge in [0.25, 0.3) is 0 Å². The van der Waals surface area contributed by atoms with Gasteiger partial charge in [-0.05, 0) is 57.7 Å². The van der Waals surface area contributed by atoms with Crippen LogP contribution in [0.15, 0.2) is 18.2 Å². The highest BCUT2D eigenvalue weighted by atomic mass is 35.5. The highest BCUT2D eigenvalue weighted by Gasteiger charge is 2.39. The lowest BCUT2D eigenvalue weighted by Gasteiger charge is -2.42. The number of halogens is 1. The fourth-order valence-corrected chi connectivity index (χ4v) is 2.78.